The fourth-order valence-electron chi connectivity index (χ4n) is 3.72. The SMILES string of the molecule is Cl.Cl.Fc1ccc(Br)cc1[C@@H](C1CCCC1)N1CCNCC1. The first-order valence-electron chi connectivity index (χ1n) is 7.65. The molecule has 0 amide bonds. The lowest BCUT2D eigenvalue weighted by Gasteiger charge is -2.38. The van der Waals surface area contributed by atoms with Gasteiger partial charge in [-0.3, -0.25) is 4.90 Å². The van der Waals surface area contributed by atoms with Crippen LogP contribution < -0.4 is 5.32 Å². The highest BCUT2D eigenvalue weighted by Crippen LogP contribution is 2.41. The van der Waals surface area contributed by atoms with Crippen LogP contribution in [-0.4, -0.2) is 31.1 Å². The fraction of sp³-hybridized carbons (Fsp3) is 0.625. The second-order valence-electron chi connectivity index (χ2n) is 5.94. The molecule has 3 rings (SSSR count). The van der Waals surface area contributed by atoms with Gasteiger partial charge in [-0.2, -0.15) is 0 Å². The van der Waals surface area contributed by atoms with Gasteiger partial charge in [0.25, 0.3) is 0 Å². The van der Waals surface area contributed by atoms with Gasteiger partial charge >= 0.3 is 0 Å². The Morgan fingerprint density at radius 3 is 2.41 bits per heavy atom. The van der Waals surface area contributed by atoms with Crippen LogP contribution in [0.2, 0.25) is 0 Å². The molecule has 1 aliphatic heterocycles. The first-order chi connectivity index (χ1) is 9.75. The number of nitrogens with one attached hydrogen (secondary N) is 1. The molecule has 126 valence electrons. The first-order valence-corrected chi connectivity index (χ1v) is 8.45. The number of benzene rings is 1. The largest absolute Gasteiger partial charge is 0.314 e. The van der Waals surface area contributed by atoms with Gasteiger partial charge in [0, 0.05) is 42.3 Å². The lowest BCUT2D eigenvalue weighted by Crippen LogP contribution is -2.46. The van der Waals surface area contributed by atoms with E-state index in [-0.39, 0.29) is 36.7 Å². The molecule has 1 aromatic rings. The predicted molar refractivity (Wildman–Crippen MR) is 97.7 cm³/mol. The summed E-state index contributed by atoms with van der Waals surface area (Å²) in [6.45, 7) is 4.07. The third kappa shape index (κ3) is 4.57. The van der Waals surface area contributed by atoms with Gasteiger partial charge in [0.2, 0.25) is 0 Å². The van der Waals surface area contributed by atoms with Gasteiger partial charge in [0.05, 0.1) is 0 Å². The molecule has 22 heavy (non-hydrogen) atoms. The number of hydrogen-bond acceptors (Lipinski definition) is 2. The molecule has 1 aromatic carbocycles. The van der Waals surface area contributed by atoms with E-state index >= 15 is 0 Å². The van der Waals surface area contributed by atoms with Crippen LogP contribution in [0.15, 0.2) is 22.7 Å². The molecule has 1 atom stereocenters. The van der Waals surface area contributed by atoms with Crippen LogP contribution in [0, 0.1) is 11.7 Å². The lowest BCUT2D eigenvalue weighted by atomic mass is 9.89. The number of rotatable bonds is 3. The number of halogens is 4. The normalized spacial score (nSPS) is 21.0. The molecular formula is C16H24BrCl2FN2. The summed E-state index contributed by atoms with van der Waals surface area (Å²) >= 11 is 3.50. The van der Waals surface area contributed by atoms with Crippen LogP contribution in [-0.2, 0) is 0 Å². The van der Waals surface area contributed by atoms with Crippen molar-refractivity contribution >= 4 is 40.7 Å². The van der Waals surface area contributed by atoms with Crippen molar-refractivity contribution < 1.29 is 4.39 Å². The Bertz CT molecular complexity index is 463. The topological polar surface area (TPSA) is 15.3 Å². The van der Waals surface area contributed by atoms with E-state index in [1.54, 1.807) is 12.1 Å². The number of nitrogens with zero attached hydrogens (tertiary/aromatic N) is 1. The van der Waals surface area contributed by atoms with Gasteiger partial charge in [0.1, 0.15) is 5.82 Å². The van der Waals surface area contributed by atoms with Crippen molar-refractivity contribution in [3.05, 3.63) is 34.1 Å². The van der Waals surface area contributed by atoms with E-state index in [9.17, 15) is 4.39 Å². The zero-order valence-electron chi connectivity index (χ0n) is 12.6. The minimum absolute atomic E-state index is 0. The van der Waals surface area contributed by atoms with Gasteiger partial charge in [-0.15, -0.1) is 24.8 Å². The molecule has 2 nitrogen and oxygen atoms in total. The maximum absolute atomic E-state index is 14.4. The van der Waals surface area contributed by atoms with E-state index in [1.165, 1.54) is 25.7 Å². The van der Waals surface area contributed by atoms with Crippen LogP contribution in [0.1, 0.15) is 37.3 Å². The zero-order valence-corrected chi connectivity index (χ0v) is 15.8. The third-order valence-corrected chi connectivity index (χ3v) is 5.16. The zero-order chi connectivity index (χ0) is 13.9. The summed E-state index contributed by atoms with van der Waals surface area (Å²) < 4.78 is 15.3. The second-order valence-corrected chi connectivity index (χ2v) is 6.86. The summed E-state index contributed by atoms with van der Waals surface area (Å²) in [6, 6.07) is 5.63. The van der Waals surface area contributed by atoms with E-state index in [1.807, 2.05) is 6.07 Å². The average Bonchev–Trinajstić information content (AvgIpc) is 2.98. The van der Waals surface area contributed by atoms with Crippen molar-refractivity contribution in [2.75, 3.05) is 26.2 Å². The van der Waals surface area contributed by atoms with Crippen LogP contribution in [0.3, 0.4) is 0 Å². The molecule has 1 heterocycles. The Kier molecular flexibility index (Phi) is 8.65. The molecule has 1 saturated heterocycles. The highest BCUT2D eigenvalue weighted by molar-refractivity contribution is 9.10. The third-order valence-electron chi connectivity index (χ3n) is 4.67. The predicted octanol–water partition coefficient (Wildman–Crippen LogP) is 4.57. The van der Waals surface area contributed by atoms with Crippen molar-refractivity contribution in [3.63, 3.8) is 0 Å². The molecule has 2 aliphatic rings. The highest BCUT2D eigenvalue weighted by Gasteiger charge is 2.33. The molecule has 2 fully saturated rings. The van der Waals surface area contributed by atoms with E-state index < -0.39 is 0 Å². The second kappa shape index (κ2) is 9.43. The van der Waals surface area contributed by atoms with Crippen molar-refractivity contribution in [2.24, 2.45) is 5.92 Å². The summed E-state index contributed by atoms with van der Waals surface area (Å²) in [5.41, 5.74) is 0.883. The molecule has 6 heteroatoms. The van der Waals surface area contributed by atoms with E-state index in [0.717, 1.165) is 36.2 Å². The summed E-state index contributed by atoms with van der Waals surface area (Å²) in [5, 5.41) is 3.39. The van der Waals surface area contributed by atoms with Crippen molar-refractivity contribution in [1.82, 2.24) is 10.2 Å². The Labute approximate surface area is 153 Å². The van der Waals surface area contributed by atoms with Crippen LogP contribution in [0.25, 0.3) is 0 Å². The Balaban J connectivity index is 0.00000121. The molecule has 0 spiro atoms. The molecule has 1 aliphatic carbocycles. The van der Waals surface area contributed by atoms with Gasteiger partial charge in [-0.25, -0.2) is 4.39 Å². The quantitative estimate of drug-likeness (QED) is 0.780. The minimum Gasteiger partial charge on any atom is -0.314 e. The molecule has 1 saturated carbocycles. The molecule has 1 N–H and O–H groups in total. The van der Waals surface area contributed by atoms with Crippen LogP contribution in [0.4, 0.5) is 4.39 Å². The van der Waals surface area contributed by atoms with Crippen LogP contribution >= 0.6 is 40.7 Å². The van der Waals surface area contributed by atoms with Crippen molar-refractivity contribution in [3.8, 4) is 0 Å². The van der Waals surface area contributed by atoms with Gasteiger partial charge in [-0.1, -0.05) is 28.8 Å². The first kappa shape index (κ1) is 20.2. The number of hydrogen-bond donors (Lipinski definition) is 1. The average molecular weight is 414 g/mol. The van der Waals surface area contributed by atoms with Gasteiger partial charge in [0.15, 0.2) is 0 Å². The minimum atomic E-state index is -0.0522. The lowest BCUT2D eigenvalue weighted by molar-refractivity contribution is 0.122. The Hall–Kier alpha value is 0.130. The van der Waals surface area contributed by atoms with E-state index in [2.05, 4.69) is 26.1 Å². The van der Waals surface area contributed by atoms with E-state index in [4.69, 9.17) is 0 Å². The summed E-state index contributed by atoms with van der Waals surface area (Å²) in [4.78, 5) is 2.48. The standard InChI is InChI=1S/C16H22BrFN2.2ClH/c17-13-5-6-15(18)14(11-13)16(12-3-1-2-4-12)20-9-7-19-8-10-20;;/h5-6,11-12,16,19H,1-4,7-10H2;2*1H/t16-;;/m1../s1. The van der Waals surface area contributed by atoms with E-state index in [0.29, 0.717) is 5.92 Å². The summed E-state index contributed by atoms with van der Waals surface area (Å²) in [6.07, 6.45) is 5.06. The van der Waals surface area contributed by atoms with Gasteiger partial charge < -0.3 is 5.32 Å². The van der Waals surface area contributed by atoms with Crippen LogP contribution in [0.5, 0.6) is 0 Å². The van der Waals surface area contributed by atoms with Gasteiger partial charge in [-0.05, 0) is 37.0 Å². The summed E-state index contributed by atoms with van der Waals surface area (Å²) in [7, 11) is 0. The fourth-order valence-corrected chi connectivity index (χ4v) is 4.10. The monoisotopic (exact) mass is 412 g/mol. The number of piperazine rings is 1. The summed E-state index contributed by atoms with van der Waals surface area (Å²) in [5.74, 6) is 0.556. The van der Waals surface area contributed by atoms with Crippen molar-refractivity contribution in [2.45, 2.75) is 31.7 Å². The highest BCUT2D eigenvalue weighted by atomic mass is 79.9. The molecule has 0 aromatic heterocycles. The maximum atomic E-state index is 14.4. The molecule has 0 bridgehead atoms. The smallest absolute Gasteiger partial charge is 0.128 e. The Morgan fingerprint density at radius 2 is 1.77 bits per heavy atom. The molecular weight excluding hydrogens is 390 g/mol. The molecule has 0 unspecified atom stereocenters. The maximum Gasteiger partial charge on any atom is 0.128 e. The molecule has 0 radical (unpaired) electrons. The van der Waals surface area contributed by atoms with Crippen molar-refractivity contribution in [1.29, 1.82) is 0 Å². The Morgan fingerprint density at radius 1 is 1.14 bits per heavy atom.